The number of nitrogens with zero attached hydrogens (tertiary/aromatic N) is 1. The molecule has 1 heterocycles. The van der Waals surface area contributed by atoms with Gasteiger partial charge in [0.1, 0.15) is 0 Å². The molecule has 0 spiro atoms. The third-order valence-corrected chi connectivity index (χ3v) is 2.99. The van der Waals surface area contributed by atoms with E-state index in [1.54, 1.807) is 0 Å². The second-order valence-electron chi connectivity index (χ2n) is 3.93. The Morgan fingerprint density at radius 3 is 2.73 bits per heavy atom. The molecule has 1 aliphatic heterocycles. The van der Waals surface area contributed by atoms with Crippen molar-refractivity contribution in [1.29, 1.82) is 0 Å². The Balaban J connectivity index is 1.82. The molecule has 0 amide bonds. The first-order valence-corrected chi connectivity index (χ1v) is 4.83. The average molecular weight is 154 g/mol. The van der Waals surface area contributed by atoms with E-state index in [1.807, 2.05) is 0 Å². The Morgan fingerprint density at radius 2 is 2.18 bits per heavy atom. The highest BCUT2D eigenvalue weighted by Gasteiger charge is 2.27. The van der Waals surface area contributed by atoms with E-state index in [-0.39, 0.29) is 0 Å². The van der Waals surface area contributed by atoms with Gasteiger partial charge in [-0.05, 0) is 19.8 Å². The molecule has 64 valence electrons. The van der Waals surface area contributed by atoms with Gasteiger partial charge in [-0.15, -0.1) is 0 Å². The lowest BCUT2D eigenvalue weighted by Gasteiger charge is -2.42. The maximum Gasteiger partial charge on any atom is 0.0167 e. The van der Waals surface area contributed by atoms with Gasteiger partial charge < -0.3 is 5.32 Å². The van der Waals surface area contributed by atoms with Crippen LogP contribution in [0.1, 0.15) is 26.2 Å². The minimum absolute atomic E-state index is 0.712. The van der Waals surface area contributed by atoms with E-state index in [2.05, 4.69) is 17.1 Å². The van der Waals surface area contributed by atoms with Crippen LogP contribution in [0, 0.1) is 0 Å². The summed E-state index contributed by atoms with van der Waals surface area (Å²) in [4.78, 5) is 2.66. The molecule has 0 aromatic carbocycles. The number of nitrogens with one attached hydrogen (secondary N) is 1. The van der Waals surface area contributed by atoms with Gasteiger partial charge in [-0.1, -0.05) is 6.42 Å². The summed E-state index contributed by atoms with van der Waals surface area (Å²) in [5, 5.41) is 3.47. The summed E-state index contributed by atoms with van der Waals surface area (Å²) in [6, 6.07) is 1.66. The summed E-state index contributed by atoms with van der Waals surface area (Å²) in [5.41, 5.74) is 0. The first-order chi connectivity index (χ1) is 5.36. The van der Waals surface area contributed by atoms with Crippen LogP contribution in [0.25, 0.3) is 0 Å². The fourth-order valence-electron chi connectivity index (χ4n) is 2.05. The minimum Gasteiger partial charge on any atom is -0.312 e. The topological polar surface area (TPSA) is 15.3 Å². The molecular formula is C9H18N2. The van der Waals surface area contributed by atoms with Crippen molar-refractivity contribution in [3.63, 3.8) is 0 Å². The minimum atomic E-state index is 0.712. The molecular weight excluding hydrogens is 136 g/mol. The summed E-state index contributed by atoms with van der Waals surface area (Å²) in [6.45, 7) is 6.02. The monoisotopic (exact) mass is 154 g/mol. The molecule has 1 aliphatic carbocycles. The average Bonchev–Trinajstić information content (AvgIpc) is 1.83. The predicted molar refractivity (Wildman–Crippen MR) is 46.7 cm³/mol. The van der Waals surface area contributed by atoms with E-state index in [1.165, 1.54) is 38.9 Å². The molecule has 2 rings (SSSR count). The van der Waals surface area contributed by atoms with Gasteiger partial charge in [-0.2, -0.15) is 0 Å². The van der Waals surface area contributed by atoms with Gasteiger partial charge in [-0.25, -0.2) is 0 Å². The standard InChI is InChI=1S/C9H18N2/c1-8-7-11(6-5-10-8)9-3-2-4-9/h8-10H,2-7H2,1H3/t8-/m0/s1. The lowest BCUT2D eigenvalue weighted by Crippen LogP contribution is -2.54. The molecule has 11 heavy (non-hydrogen) atoms. The lowest BCUT2D eigenvalue weighted by atomic mass is 9.91. The molecule has 0 unspecified atom stereocenters. The number of piperazine rings is 1. The second-order valence-corrected chi connectivity index (χ2v) is 3.93. The van der Waals surface area contributed by atoms with Crippen molar-refractivity contribution in [2.45, 2.75) is 38.3 Å². The van der Waals surface area contributed by atoms with Gasteiger partial charge in [0, 0.05) is 31.7 Å². The third-order valence-electron chi connectivity index (χ3n) is 2.99. The number of rotatable bonds is 1. The number of hydrogen-bond donors (Lipinski definition) is 1. The van der Waals surface area contributed by atoms with Gasteiger partial charge in [-0.3, -0.25) is 4.90 Å². The molecule has 2 heteroatoms. The normalized spacial score (nSPS) is 35.2. The van der Waals surface area contributed by atoms with Crippen molar-refractivity contribution in [2.75, 3.05) is 19.6 Å². The highest BCUT2D eigenvalue weighted by atomic mass is 15.2. The molecule has 1 saturated heterocycles. The van der Waals surface area contributed by atoms with E-state index in [9.17, 15) is 0 Å². The second kappa shape index (κ2) is 3.11. The van der Waals surface area contributed by atoms with Gasteiger partial charge in [0.15, 0.2) is 0 Å². The van der Waals surface area contributed by atoms with Crippen LogP contribution in [0.2, 0.25) is 0 Å². The summed E-state index contributed by atoms with van der Waals surface area (Å²) in [7, 11) is 0. The first-order valence-electron chi connectivity index (χ1n) is 4.83. The van der Waals surface area contributed by atoms with Crippen molar-refractivity contribution in [3.8, 4) is 0 Å². The maximum absolute atomic E-state index is 3.47. The van der Waals surface area contributed by atoms with Crippen molar-refractivity contribution in [2.24, 2.45) is 0 Å². The maximum atomic E-state index is 3.47. The highest BCUT2D eigenvalue weighted by Crippen LogP contribution is 2.25. The Hall–Kier alpha value is -0.0800. The van der Waals surface area contributed by atoms with E-state index in [0.717, 1.165) is 6.04 Å². The van der Waals surface area contributed by atoms with Crippen molar-refractivity contribution >= 4 is 0 Å². The Labute approximate surface area is 69.0 Å². The fourth-order valence-corrected chi connectivity index (χ4v) is 2.05. The predicted octanol–water partition coefficient (Wildman–Crippen LogP) is 0.833. The SMILES string of the molecule is C[C@H]1CN(C2CCC2)CCN1. The third kappa shape index (κ3) is 1.57. The Kier molecular flexibility index (Phi) is 2.14. The van der Waals surface area contributed by atoms with E-state index in [0.29, 0.717) is 6.04 Å². The quantitative estimate of drug-likeness (QED) is 0.602. The van der Waals surface area contributed by atoms with Gasteiger partial charge >= 0.3 is 0 Å². The zero-order valence-corrected chi connectivity index (χ0v) is 7.34. The van der Waals surface area contributed by atoms with Crippen molar-refractivity contribution < 1.29 is 0 Å². The Bertz CT molecular complexity index is 132. The van der Waals surface area contributed by atoms with Crippen LogP contribution >= 0.6 is 0 Å². The summed E-state index contributed by atoms with van der Waals surface area (Å²) >= 11 is 0. The summed E-state index contributed by atoms with van der Waals surface area (Å²) in [5.74, 6) is 0. The van der Waals surface area contributed by atoms with Crippen LogP contribution in [-0.4, -0.2) is 36.6 Å². The first kappa shape index (κ1) is 7.56. The molecule has 0 aromatic rings. The van der Waals surface area contributed by atoms with Gasteiger partial charge in [0.2, 0.25) is 0 Å². The molecule has 1 saturated carbocycles. The largest absolute Gasteiger partial charge is 0.312 e. The molecule has 2 nitrogen and oxygen atoms in total. The van der Waals surface area contributed by atoms with Crippen LogP contribution in [0.4, 0.5) is 0 Å². The number of hydrogen-bond acceptors (Lipinski definition) is 2. The van der Waals surface area contributed by atoms with Crippen LogP contribution in [0.5, 0.6) is 0 Å². The van der Waals surface area contributed by atoms with Crippen LogP contribution in [0.3, 0.4) is 0 Å². The van der Waals surface area contributed by atoms with E-state index >= 15 is 0 Å². The Morgan fingerprint density at radius 1 is 1.36 bits per heavy atom. The summed E-state index contributed by atoms with van der Waals surface area (Å²) in [6.07, 6.45) is 4.36. The smallest absolute Gasteiger partial charge is 0.0167 e. The molecule has 0 radical (unpaired) electrons. The zero-order valence-electron chi connectivity index (χ0n) is 7.34. The van der Waals surface area contributed by atoms with Crippen LogP contribution in [-0.2, 0) is 0 Å². The molecule has 1 N–H and O–H groups in total. The van der Waals surface area contributed by atoms with Crippen LogP contribution in [0.15, 0.2) is 0 Å². The lowest BCUT2D eigenvalue weighted by molar-refractivity contribution is 0.0956. The van der Waals surface area contributed by atoms with Crippen LogP contribution < -0.4 is 5.32 Å². The van der Waals surface area contributed by atoms with E-state index < -0.39 is 0 Å². The summed E-state index contributed by atoms with van der Waals surface area (Å²) < 4.78 is 0. The highest BCUT2D eigenvalue weighted by molar-refractivity contribution is 4.85. The molecule has 0 aromatic heterocycles. The van der Waals surface area contributed by atoms with Crippen molar-refractivity contribution in [3.05, 3.63) is 0 Å². The van der Waals surface area contributed by atoms with Gasteiger partial charge in [0.05, 0.1) is 0 Å². The fraction of sp³-hybridized carbons (Fsp3) is 1.00. The van der Waals surface area contributed by atoms with E-state index in [4.69, 9.17) is 0 Å². The molecule has 1 atom stereocenters. The molecule has 0 bridgehead atoms. The van der Waals surface area contributed by atoms with Gasteiger partial charge in [0.25, 0.3) is 0 Å². The van der Waals surface area contributed by atoms with Crippen molar-refractivity contribution in [1.82, 2.24) is 10.2 Å². The molecule has 2 aliphatic rings. The zero-order chi connectivity index (χ0) is 7.68. The molecule has 2 fully saturated rings.